The topological polar surface area (TPSA) is 96.0 Å². The van der Waals surface area contributed by atoms with Gasteiger partial charge in [-0.2, -0.15) is 5.26 Å². The highest BCUT2D eigenvalue weighted by atomic mass is 32.2. The molecule has 0 aromatic heterocycles. The Hall–Kier alpha value is -1.42. The molecule has 0 heterocycles. The van der Waals surface area contributed by atoms with Crippen LogP contribution in [0, 0.1) is 24.2 Å². The predicted octanol–water partition coefficient (Wildman–Crippen LogP) is 1.27. The van der Waals surface area contributed by atoms with E-state index in [1.165, 1.54) is 6.07 Å². The second-order valence-electron chi connectivity index (χ2n) is 5.59. The Morgan fingerprint density at radius 2 is 2.15 bits per heavy atom. The van der Waals surface area contributed by atoms with Gasteiger partial charge in [0.05, 0.1) is 16.5 Å². The van der Waals surface area contributed by atoms with Crippen LogP contribution in [-0.4, -0.2) is 20.5 Å². The van der Waals surface area contributed by atoms with Crippen LogP contribution in [0.5, 0.6) is 0 Å². The maximum atomic E-state index is 12.6. The third kappa shape index (κ3) is 2.85. The number of benzene rings is 1. The van der Waals surface area contributed by atoms with E-state index in [0.29, 0.717) is 17.0 Å². The average molecular weight is 293 g/mol. The number of hydrogen-bond donors (Lipinski definition) is 2. The van der Waals surface area contributed by atoms with Gasteiger partial charge in [-0.05, 0) is 50.3 Å². The van der Waals surface area contributed by atoms with Gasteiger partial charge in [0, 0.05) is 12.1 Å². The summed E-state index contributed by atoms with van der Waals surface area (Å²) in [5.74, 6) is 0.293. The molecule has 2 rings (SSSR count). The fourth-order valence-electron chi connectivity index (χ4n) is 2.33. The number of nitrogens with zero attached hydrogens (tertiary/aromatic N) is 1. The summed E-state index contributed by atoms with van der Waals surface area (Å²) in [6.07, 6.45) is 1.99. The summed E-state index contributed by atoms with van der Waals surface area (Å²) < 4.78 is 27.8. The van der Waals surface area contributed by atoms with E-state index in [9.17, 15) is 8.42 Å². The van der Waals surface area contributed by atoms with Gasteiger partial charge in [0.15, 0.2) is 0 Å². The molecule has 6 heteroatoms. The van der Waals surface area contributed by atoms with Crippen LogP contribution in [0.4, 0.5) is 0 Å². The Morgan fingerprint density at radius 1 is 1.50 bits per heavy atom. The lowest BCUT2D eigenvalue weighted by atomic mass is 9.98. The number of sulfonamides is 1. The van der Waals surface area contributed by atoms with Gasteiger partial charge < -0.3 is 5.73 Å². The second-order valence-corrected chi connectivity index (χ2v) is 7.24. The zero-order chi connectivity index (χ0) is 15.0. The van der Waals surface area contributed by atoms with Crippen molar-refractivity contribution in [1.82, 2.24) is 4.72 Å². The third-order valence-corrected chi connectivity index (χ3v) is 5.63. The molecule has 1 aliphatic rings. The lowest BCUT2D eigenvalue weighted by molar-refractivity contribution is 0.374. The molecular formula is C14H19N3O2S. The minimum absolute atomic E-state index is 0.150. The molecule has 0 saturated heterocycles. The molecule has 0 aliphatic heterocycles. The molecule has 0 bridgehead atoms. The van der Waals surface area contributed by atoms with Gasteiger partial charge in [-0.15, -0.1) is 0 Å². The van der Waals surface area contributed by atoms with Crippen molar-refractivity contribution in [2.45, 2.75) is 37.1 Å². The summed E-state index contributed by atoms with van der Waals surface area (Å²) in [6.45, 7) is 3.81. The first-order valence-electron chi connectivity index (χ1n) is 6.57. The Labute approximate surface area is 119 Å². The number of nitrogens with two attached hydrogens (primary N) is 1. The van der Waals surface area contributed by atoms with Gasteiger partial charge in [0.2, 0.25) is 10.0 Å². The molecule has 1 saturated carbocycles. The summed E-state index contributed by atoms with van der Waals surface area (Å²) in [7, 11) is -3.68. The Morgan fingerprint density at radius 3 is 2.65 bits per heavy atom. The summed E-state index contributed by atoms with van der Waals surface area (Å²) >= 11 is 0. The van der Waals surface area contributed by atoms with Crippen molar-refractivity contribution >= 4 is 10.0 Å². The maximum absolute atomic E-state index is 12.6. The lowest BCUT2D eigenvalue weighted by Gasteiger charge is -2.29. The molecule has 1 atom stereocenters. The fraction of sp³-hybridized carbons (Fsp3) is 0.500. The monoisotopic (exact) mass is 293 g/mol. The quantitative estimate of drug-likeness (QED) is 0.854. The normalized spacial score (nSPS) is 18.3. The highest BCUT2D eigenvalue weighted by molar-refractivity contribution is 7.89. The van der Waals surface area contributed by atoms with Crippen LogP contribution >= 0.6 is 0 Å². The van der Waals surface area contributed by atoms with Crippen LogP contribution in [0.25, 0.3) is 0 Å². The zero-order valence-electron chi connectivity index (χ0n) is 11.7. The predicted molar refractivity (Wildman–Crippen MR) is 76.4 cm³/mol. The van der Waals surface area contributed by atoms with Crippen LogP contribution in [0.2, 0.25) is 0 Å². The van der Waals surface area contributed by atoms with E-state index in [4.69, 9.17) is 11.0 Å². The molecule has 0 radical (unpaired) electrons. The van der Waals surface area contributed by atoms with Gasteiger partial charge >= 0.3 is 0 Å². The number of aryl methyl sites for hydroxylation is 1. The summed E-state index contributed by atoms with van der Waals surface area (Å²) in [5.41, 5.74) is 6.08. The van der Waals surface area contributed by atoms with Gasteiger partial charge in [-0.1, -0.05) is 6.07 Å². The first-order chi connectivity index (χ1) is 9.32. The standard InChI is InChI=1S/C14H19N3O2S/c1-10-3-4-11(8-15)7-13(10)20(18,19)17-14(2,9-16)12-5-6-12/h3-4,7,12,17H,5-6,9,16H2,1-2H3. The Kier molecular flexibility index (Phi) is 3.87. The number of nitrogens with one attached hydrogen (secondary N) is 1. The highest BCUT2D eigenvalue weighted by Crippen LogP contribution is 2.39. The van der Waals surface area contributed by atoms with Crippen molar-refractivity contribution in [3.63, 3.8) is 0 Å². The van der Waals surface area contributed by atoms with Crippen molar-refractivity contribution < 1.29 is 8.42 Å². The van der Waals surface area contributed by atoms with Crippen molar-refractivity contribution in [1.29, 1.82) is 5.26 Å². The summed E-state index contributed by atoms with van der Waals surface area (Å²) in [5, 5.41) is 8.91. The van der Waals surface area contributed by atoms with Crippen molar-refractivity contribution in [2.75, 3.05) is 6.54 Å². The number of nitriles is 1. The van der Waals surface area contributed by atoms with Crippen molar-refractivity contribution in [3.05, 3.63) is 29.3 Å². The first-order valence-corrected chi connectivity index (χ1v) is 8.05. The second kappa shape index (κ2) is 5.17. The molecule has 108 valence electrons. The molecule has 5 nitrogen and oxygen atoms in total. The molecule has 1 aromatic carbocycles. The number of rotatable bonds is 5. The molecule has 1 unspecified atom stereocenters. The van der Waals surface area contributed by atoms with E-state index in [1.807, 2.05) is 13.0 Å². The summed E-state index contributed by atoms with van der Waals surface area (Å²) in [4.78, 5) is 0.150. The van der Waals surface area contributed by atoms with Gasteiger partial charge in [0.25, 0.3) is 0 Å². The molecule has 1 aromatic rings. The van der Waals surface area contributed by atoms with Crippen LogP contribution in [0.15, 0.2) is 23.1 Å². The van der Waals surface area contributed by atoms with Crippen LogP contribution in [0.1, 0.15) is 30.9 Å². The zero-order valence-corrected chi connectivity index (χ0v) is 12.5. The van der Waals surface area contributed by atoms with E-state index >= 15 is 0 Å². The molecule has 0 amide bonds. The lowest BCUT2D eigenvalue weighted by Crippen LogP contribution is -2.53. The van der Waals surface area contributed by atoms with Crippen LogP contribution in [-0.2, 0) is 10.0 Å². The van der Waals surface area contributed by atoms with Crippen molar-refractivity contribution in [2.24, 2.45) is 11.7 Å². The molecule has 20 heavy (non-hydrogen) atoms. The van der Waals surface area contributed by atoms with E-state index in [-0.39, 0.29) is 11.4 Å². The van der Waals surface area contributed by atoms with Gasteiger partial charge in [-0.25, -0.2) is 13.1 Å². The van der Waals surface area contributed by atoms with Gasteiger partial charge in [0.1, 0.15) is 0 Å². The maximum Gasteiger partial charge on any atom is 0.241 e. The highest BCUT2D eigenvalue weighted by Gasteiger charge is 2.43. The van der Waals surface area contributed by atoms with E-state index in [1.54, 1.807) is 19.1 Å². The van der Waals surface area contributed by atoms with E-state index < -0.39 is 15.6 Å². The Bertz CT molecular complexity index is 659. The largest absolute Gasteiger partial charge is 0.329 e. The SMILES string of the molecule is Cc1ccc(C#N)cc1S(=O)(=O)NC(C)(CN)C1CC1. The molecule has 0 spiro atoms. The van der Waals surface area contributed by atoms with Crippen molar-refractivity contribution in [3.8, 4) is 6.07 Å². The molecular weight excluding hydrogens is 274 g/mol. The molecule has 1 aliphatic carbocycles. The first kappa shape index (κ1) is 15.0. The smallest absolute Gasteiger partial charge is 0.241 e. The third-order valence-electron chi connectivity index (χ3n) is 3.88. The number of hydrogen-bond acceptors (Lipinski definition) is 4. The summed E-state index contributed by atoms with van der Waals surface area (Å²) in [6, 6.07) is 6.62. The van der Waals surface area contributed by atoms with E-state index in [2.05, 4.69) is 4.72 Å². The minimum atomic E-state index is -3.68. The fourth-order valence-corrected chi connectivity index (χ4v) is 4.08. The average Bonchev–Trinajstić information content (AvgIpc) is 3.23. The van der Waals surface area contributed by atoms with Crippen LogP contribution in [0.3, 0.4) is 0 Å². The molecule has 1 fully saturated rings. The minimum Gasteiger partial charge on any atom is -0.329 e. The molecule has 3 N–H and O–H groups in total. The van der Waals surface area contributed by atoms with E-state index in [0.717, 1.165) is 12.8 Å². The Balaban J connectivity index is 2.38. The van der Waals surface area contributed by atoms with Crippen LogP contribution < -0.4 is 10.5 Å². The van der Waals surface area contributed by atoms with Gasteiger partial charge in [-0.3, -0.25) is 0 Å².